The maximum atomic E-state index is 11.7. The Balaban J connectivity index is 1.70. The molecule has 1 aromatic rings. The Morgan fingerprint density at radius 2 is 2.28 bits per heavy atom. The van der Waals surface area contributed by atoms with Gasteiger partial charge in [-0.15, -0.1) is 0 Å². The normalized spacial score (nSPS) is 18.8. The Bertz CT molecular complexity index is 408. The van der Waals surface area contributed by atoms with Crippen LogP contribution in [0.1, 0.15) is 6.42 Å². The predicted molar refractivity (Wildman–Crippen MR) is 78.4 cm³/mol. The monoisotopic (exact) mass is 284 g/mol. The van der Waals surface area contributed by atoms with Crippen molar-refractivity contribution in [3.8, 4) is 0 Å². The predicted octanol–water partition coefficient (Wildman–Crippen LogP) is 2.62. The number of carbonyl (C=O) groups excluding carboxylic acids is 1. The lowest BCUT2D eigenvalue weighted by Crippen LogP contribution is -2.31. The molecule has 0 spiro atoms. The van der Waals surface area contributed by atoms with Crippen LogP contribution in [0, 0.1) is 5.92 Å². The van der Waals surface area contributed by atoms with Crippen molar-refractivity contribution in [1.29, 1.82) is 0 Å². The van der Waals surface area contributed by atoms with Gasteiger partial charge in [0.2, 0.25) is 5.91 Å². The van der Waals surface area contributed by atoms with E-state index in [4.69, 9.17) is 11.6 Å². The van der Waals surface area contributed by atoms with Gasteiger partial charge in [-0.1, -0.05) is 23.7 Å². The molecule has 0 aromatic heterocycles. The Hall–Kier alpha value is -0.710. The molecule has 3 nitrogen and oxygen atoms in total. The molecule has 98 valence electrons. The standard InChI is InChI=1S/C13H17ClN2OS/c14-11-3-1-2-4-12(11)16-13(17)8-15-7-10-5-6-18-9-10/h1-4,10,15H,5-9H2,(H,16,17). The van der Waals surface area contributed by atoms with Gasteiger partial charge in [-0.2, -0.15) is 11.8 Å². The van der Waals surface area contributed by atoms with Gasteiger partial charge in [0.05, 0.1) is 17.3 Å². The van der Waals surface area contributed by atoms with Crippen molar-refractivity contribution >= 4 is 35.0 Å². The van der Waals surface area contributed by atoms with E-state index in [1.165, 1.54) is 17.9 Å². The van der Waals surface area contributed by atoms with Gasteiger partial charge in [-0.05, 0) is 42.5 Å². The van der Waals surface area contributed by atoms with E-state index in [2.05, 4.69) is 10.6 Å². The quantitative estimate of drug-likeness (QED) is 0.873. The van der Waals surface area contributed by atoms with Crippen molar-refractivity contribution < 1.29 is 4.79 Å². The molecule has 0 bridgehead atoms. The zero-order chi connectivity index (χ0) is 12.8. The van der Waals surface area contributed by atoms with Crippen LogP contribution in [0.15, 0.2) is 24.3 Å². The second-order valence-electron chi connectivity index (χ2n) is 4.39. The Morgan fingerprint density at radius 1 is 1.44 bits per heavy atom. The van der Waals surface area contributed by atoms with Crippen LogP contribution in [0.3, 0.4) is 0 Å². The van der Waals surface area contributed by atoms with E-state index in [0.29, 0.717) is 23.2 Å². The zero-order valence-corrected chi connectivity index (χ0v) is 11.7. The second kappa shape index (κ2) is 7.02. The van der Waals surface area contributed by atoms with Crippen molar-refractivity contribution in [1.82, 2.24) is 5.32 Å². The first-order chi connectivity index (χ1) is 8.75. The second-order valence-corrected chi connectivity index (χ2v) is 5.95. The minimum atomic E-state index is -0.0475. The summed E-state index contributed by atoms with van der Waals surface area (Å²) in [6, 6.07) is 7.26. The number of halogens is 1. The largest absolute Gasteiger partial charge is 0.324 e. The maximum absolute atomic E-state index is 11.7. The van der Waals surface area contributed by atoms with Crippen molar-refractivity contribution in [2.45, 2.75) is 6.42 Å². The van der Waals surface area contributed by atoms with Gasteiger partial charge in [-0.3, -0.25) is 4.79 Å². The third-order valence-corrected chi connectivity index (χ3v) is 4.45. The van der Waals surface area contributed by atoms with Crippen molar-refractivity contribution in [3.05, 3.63) is 29.3 Å². The van der Waals surface area contributed by atoms with Crippen molar-refractivity contribution in [2.24, 2.45) is 5.92 Å². The number of para-hydroxylation sites is 1. The minimum absolute atomic E-state index is 0.0475. The van der Waals surface area contributed by atoms with E-state index in [1.54, 1.807) is 12.1 Å². The molecule has 1 atom stereocenters. The van der Waals surface area contributed by atoms with Crippen LogP contribution >= 0.6 is 23.4 Å². The summed E-state index contributed by atoms with van der Waals surface area (Å²) in [5.74, 6) is 3.12. The van der Waals surface area contributed by atoms with Crippen LogP contribution in [0.5, 0.6) is 0 Å². The van der Waals surface area contributed by atoms with Gasteiger partial charge in [0.25, 0.3) is 0 Å². The number of thioether (sulfide) groups is 1. The molecule has 1 amide bonds. The summed E-state index contributed by atoms with van der Waals surface area (Å²) >= 11 is 7.96. The van der Waals surface area contributed by atoms with E-state index in [0.717, 1.165) is 6.54 Å². The summed E-state index contributed by atoms with van der Waals surface area (Å²) < 4.78 is 0. The summed E-state index contributed by atoms with van der Waals surface area (Å²) in [4.78, 5) is 11.7. The van der Waals surface area contributed by atoms with Crippen molar-refractivity contribution in [2.75, 3.05) is 29.9 Å². The molecule has 2 N–H and O–H groups in total. The van der Waals surface area contributed by atoms with Crippen molar-refractivity contribution in [3.63, 3.8) is 0 Å². The van der Waals surface area contributed by atoms with Gasteiger partial charge in [0.1, 0.15) is 0 Å². The smallest absolute Gasteiger partial charge is 0.238 e. The van der Waals surface area contributed by atoms with E-state index in [1.807, 2.05) is 23.9 Å². The Morgan fingerprint density at radius 3 is 3.00 bits per heavy atom. The van der Waals surface area contributed by atoms with E-state index in [9.17, 15) is 4.79 Å². The summed E-state index contributed by atoms with van der Waals surface area (Å²) in [7, 11) is 0. The lowest BCUT2D eigenvalue weighted by atomic mass is 10.1. The molecule has 1 heterocycles. The van der Waals surface area contributed by atoms with Gasteiger partial charge < -0.3 is 10.6 Å². The summed E-state index contributed by atoms with van der Waals surface area (Å²) in [5.41, 5.74) is 0.669. The number of benzene rings is 1. The summed E-state index contributed by atoms with van der Waals surface area (Å²) in [6.45, 7) is 1.26. The molecule has 1 aliphatic rings. The number of rotatable bonds is 5. The summed E-state index contributed by atoms with van der Waals surface area (Å²) in [6.07, 6.45) is 1.25. The number of hydrogen-bond acceptors (Lipinski definition) is 3. The molecule has 2 rings (SSSR count). The number of amides is 1. The molecule has 1 aromatic carbocycles. The average molecular weight is 285 g/mol. The Labute approximate surface area is 117 Å². The molecule has 1 saturated heterocycles. The van der Waals surface area contributed by atoms with Gasteiger partial charge in [0.15, 0.2) is 0 Å². The highest BCUT2D eigenvalue weighted by atomic mass is 35.5. The van der Waals surface area contributed by atoms with Crippen LogP contribution in [-0.4, -0.2) is 30.5 Å². The van der Waals surface area contributed by atoms with Crippen LogP contribution in [0.4, 0.5) is 5.69 Å². The van der Waals surface area contributed by atoms with Gasteiger partial charge in [-0.25, -0.2) is 0 Å². The molecule has 1 fully saturated rings. The first-order valence-corrected chi connectivity index (χ1v) is 7.62. The molecular weight excluding hydrogens is 268 g/mol. The molecule has 0 radical (unpaired) electrons. The van der Waals surface area contributed by atoms with E-state index >= 15 is 0 Å². The fraction of sp³-hybridized carbons (Fsp3) is 0.462. The van der Waals surface area contributed by atoms with Gasteiger partial charge >= 0.3 is 0 Å². The SMILES string of the molecule is O=C(CNCC1CCSC1)Nc1ccccc1Cl. The average Bonchev–Trinajstić information content (AvgIpc) is 2.85. The molecule has 5 heteroatoms. The number of hydrogen-bond donors (Lipinski definition) is 2. The van der Waals surface area contributed by atoms with Crippen LogP contribution < -0.4 is 10.6 Å². The highest BCUT2D eigenvalue weighted by Crippen LogP contribution is 2.22. The molecule has 1 unspecified atom stereocenters. The van der Waals surface area contributed by atoms with E-state index < -0.39 is 0 Å². The van der Waals surface area contributed by atoms with E-state index in [-0.39, 0.29) is 5.91 Å². The fourth-order valence-corrected chi connectivity index (χ4v) is 3.36. The third-order valence-electron chi connectivity index (χ3n) is 2.89. The summed E-state index contributed by atoms with van der Waals surface area (Å²) in [5, 5.41) is 6.56. The first-order valence-electron chi connectivity index (χ1n) is 6.08. The van der Waals surface area contributed by atoms with Crippen LogP contribution in [-0.2, 0) is 4.79 Å². The highest BCUT2D eigenvalue weighted by molar-refractivity contribution is 7.99. The molecular formula is C13H17ClN2OS. The third kappa shape index (κ3) is 4.19. The minimum Gasteiger partial charge on any atom is -0.324 e. The number of anilines is 1. The van der Waals surface area contributed by atoms with Crippen LogP contribution in [0.25, 0.3) is 0 Å². The first kappa shape index (κ1) is 13.7. The molecule has 0 aliphatic carbocycles. The topological polar surface area (TPSA) is 41.1 Å². The lowest BCUT2D eigenvalue weighted by Gasteiger charge is -2.10. The maximum Gasteiger partial charge on any atom is 0.238 e. The zero-order valence-electron chi connectivity index (χ0n) is 10.1. The molecule has 18 heavy (non-hydrogen) atoms. The fourth-order valence-electron chi connectivity index (χ4n) is 1.89. The van der Waals surface area contributed by atoms with Gasteiger partial charge in [0, 0.05) is 0 Å². The van der Waals surface area contributed by atoms with Crippen LogP contribution in [0.2, 0.25) is 5.02 Å². The number of nitrogens with one attached hydrogen (secondary N) is 2. The lowest BCUT2D eigenvalue weighted by molar-refractivity contribution is -0.115. The number of carbonyl (C=O) groups is 1. The molecule has 0 saturated carbocycles. The highest BCUT2D eigenvalue weighted by Gasteiger charge is 2.15. The Kier molecular flexibility index (Phi) is 5.35. The molecule has 1 aliphatic heterocycles.